The molecular formula is C21H35IN4O2. The van der Waals surface area contributed by atoms with E-state index in [0.29, 0.717) is 18.7 Å². The Labute approximate surface area is 186 Å². The molecule has 3 rings (SSSR count). The van der Waals surface area contributed by atoms with Gasteiger partial charge in [0.1, 0.15) is 6.10 Å². The second-order valence-corrected chi connectivity index (χ2v) is 7.73. The molecular weight excluding hydrogens is 467 g/mol. The van der Waals surface area contributed by atoms with Gasteiger partial charge in [-0.25, -0.2) is 9.98 Å². The fourth-order valence-corrected chi connectivity index (χ4v) is 3.83. The third-order valence-corrected chi connectivity index (χ3v) is 5.44. The molecule has 2 saturated carbocycles. The number of aliphatic imine (C=N–C) groups is 1. The normalized spacial score (nSPS) is 23.6. The van der Waals surface area contributed by atoms with Crippen molar-refractivity contribution in [2.45, 2.75) is 89.5 Å². The zero-order valence-corrected chi connectivity index (χ0v) is 19.2. The molecule has 7 heteroatoms. The van der Waals surface area contributed by atoms with Crippen LogP contribution in [0.15, 0.2) is 23.3 Å². The van der Waals surface area contributed by atoms with E-state index in [1.54, 1.807) is 0 Å². The molecule has 0 bridgehead atoms. The maximum absolute atomic E-state index is 9.65. The second kappa shape index (κ2) is 12.5. The molecule has 0 aromatic carbocycles. The van der Waals surface area contributed by atoms with Crippen molar-refractivity contribution in [3.8, 4) is 5.88 Å². The molecule has 1 heterocycles. The number of aliphatic hydroxyl groups excluding tert-OH is 1. The topological polar surface area (TPSA) is 78.8 Å². The van der Waals surface area contributed by atoms with Gasteiger partial charge in [-0.3, -0.25) is 0 Å². The van der Waals surface area contributed by atoms with E-state index in [0.717, 1.165) is 62.5 Å². The lowest BCUT2D eigenvalue weighted by atomic mass is 9.93. The predicted octanol–water partition coefficient (Wildman–Crippen LogP) is 3.77. The van der Waals surface area contributed by atoms with E-state index in [1.807, 2.05) is 12.3 Å². The first kappa shape index (κ1) is 23.2. The molecule has 0 atom stereocenters. The number of aliphatic hydroxyl groups is 1. The van der Waals surface area contributed by atoms with Crippen LogP contribution in [0.4, 0.5) is 0 Å². The van der Waals surface area contributed by atoms with Gasteiger partial charge in [-0.2, -0.15) is 0 Å². The number of hydrogen-bond donors (Lipinski definition) is 3. The minimum absolute atomic E-state index is 0. The summed E-state index contributed by atoms with van der Waals surface area (Å²) in [6.07, 6.45) is 11.9. The second-order valence-electron chi connectivity index (χ2n) is 7.73. The molecule has 1 aromatic heterocycles. The average Bonchev–Trinajstić information content (AvgIpc) is 2.70. The summed E-state index contributed by atoms with van der Waals surface area (Å²) in [5, 5.41) is 16.5. The van der Waals surface area contributed by atoms with Crippen LogP contribution in [0.3, 0.4) is 0 Å². The van der Waals surface area contributed by atoms with E-state index in [-0.39, 0.29) is 30.1 Å². The zero-order chi connectivity index (χ0) is 18.9. The molecule has 1 aromatic rings. The summed E-state index contributed by atoms with van der Waals surface area (Å²) in [6.45, 7) is 3.48. The van der Waals surface area contributed by atoms with Gasteiger partial charge in [-0.15, -0.1) is 24.0 Å². The van der Waals surface area contributed by atoms with E-state index >= 15 is 0 Å². The first-order chi connectivity index (χ1) is 13.2. The van der Waals surface area contributed by atoms with Gasteiger partial charge in [0.25, 0.3) is 0 Å². The zero-order valence-electron chi connectivity index (χ0n) is 16.9. The first-order valence-corrected chi connectivity index (χ1v) is 10.6. The Bertz CT molecular complexity index is 583. The van der Waals surface area contributed by atoms with Crippen molar-refractivity contribution in [1.82, 2.24) is 15.6 Å². The molecule has 0 unspecified atom stereocenters. The lowest BCUT2D eigenvalue weighted by Gasteiger charge is -2.27. The van der Waals surface area contributed by atoms with Crippen LogP contribution in [0, 0.1) is 0 Å². The standard InChI is InChI=1S/C21H34N4O2.HI/c1-2-22-21(25-17-9-11-18(26)12-10-17)24-15-16-8-13-20(23-14-16)27-19-6-4-3-5-7-19;/h8,13-14,17-19,26H,2-7,9-12,15H2,1H3,(H2,22,24,25);1H. The van der Waals surface area contributed by atoms with Crippen molar-refractivity contribution < 1.29 is 9.84 Å². The van der Waals surface area contributed by atoms with Gasteiger partial charge in [0.2, 0.25) is 5.88 Å². The smallest absolute Gasteiger partial charge is 0.213 e. The third-order valence-electron chi connectivity index (χ3n) is 5.44. The van der Waals surface area contributed by atoms with Crippen molar-refractivity contribution in [2.24, 2.45) is 4.99 Å². The number of rotatable bonds is 6. The van der Waals surface area contributed by atoms with Gasteiger partial charge in [-0.1, -0.05) is 12.5 Å². The van der Waals surface area contributed by atoms with Gasteiger partial charge in [0, 0.05) is 24.8 Å². The highest BCUT2D eigenvalue weighted by atomic mass is 127. The molecule has 0 radical (unpaired) electrons. The molecule has 2 aliphatic carbocycles. The van der Waals surface area contributed by atoms with Crippen molar-refractivity contribution in [2.75, 3.05) is 6.54 Å². The number of pyridine rings is 1. The molecule has 0 spiro atoms. The van der Waals surface area contributed by atoms with Crippen molar-refractivity contribution in [3.63, 3.8) is 0 Å². The molecule has 6 nitrogen and oxygen atoms in total. The van der Waals surface area contributed by atoms with Crippen molar-refractivity contribution >= 4 is 29.9 Å². The van der Waals surface area contributed by atoms with Crippen LogP contribution >= 0.6 is 24.0 Å². The number of nitrogens with one attached hydrogen (secondary N) is 2. The van der Waals surface area contributed by atoms with Gasteiger partial charge in [0.05, 0.1) is 12.6 Å². The van der Waals surface area contributed by atoms with Crippen LogP contribution in [0.2, 0.25) is 0 Å². The lowest BCUT2D eigenvalue weighted by molar-refractivity contribution is 0.120. The molecule has 28 heavy (non-hydrogen) atoms. The number of hydrogen-bond acceptors (Lipinski definition) is 4. The fraction of sp³-hybridized carbons (Fsp3) is 0.714. The summed E-state index contributed by atoms with van der Waals surface area (Å²) >= 11 is 0. The molecule has 0 saturated heterocycles. The van der Waals surface area contributed by atoms with Gasteiger partial charge < -0.3 is 20.5 Å². The Balaban J connectivity index is 0.00000280. The third kappa shape index (κ3) is 7.73. The molecule has 2 aliphatic rings. The van der Waals surface area contributed by atoms with Crippen LogP contribution in [0.25, 0.3) is 0 Å². The van der Waals surface area contributed by atoms with Crippen LogP contribution in [0.5, 0.6) is 5.88 Å². The largest absolute Gasteiger partial charge is 0.474 e. The summed E-state index contributed by atoms with van der Waals surface area (Å²) in [4.78, 5) is 9.15. The van der Waals surface area contributed by atoms with Gasteiger partial charge in [-0.05, 0) is 63.9 Å². The Morgan fingerprint density at radius 3 is 2.54 bits per heavy atom. The van der Waals surface area contributed by atoms with Crippen molar-refractivity contribution in [3.05, 3.63) is 23.9 Å². The van der Waals surface area contributed by atoms with Crippen LogP contribution in [-0.4, -0.2) is 40.8 Å². The predicted molar refractivity (Wildman–Crippen MR) is 123 cm³/mol. The molecule has 0 aliphatic heterocycles. The monoisotopic (exact) mass is 502 g/mol. The lowest BCUT2D eigenvalue weighted by Crippen LogP contribution is -2.45. The highest BCUT2D eigenvalue weighted by molar-refractivity contribution is 14.0. The maximum atomic E-state index is 9.65. The number of nitrogens with zero attached hydrogens (tertiary/aromatic N) is 2. The Kier molecular flexibility index (Phi) is 10.3. The van der Waals surface area contributed by atoms with Crippen LogP contribution < -0.4 is 15.4 Å². The summed E-state index contributed by atoms with van der Waals surface area (Å²) in [7, 11) is 0. The summed E-state index contributed by atoms with van der Waals surface area (Å²) in [6, 6.07) is 4.40. The quantitative estimate of drug-likeness (QED) is 0.314. The van der Waals surface area contributed by atoms with E-state index in [4.69, 9.17) is 9.73 Å². The number of aromatic nitrogens is 1. The van der Waals surface area contributed by atoms with Crippen LogP contribution in [-0.2, 0) is 6.54 Å². The summed E-state index contributed by atoms with van der Waals surface area (Å²) in [5.41, 5.74) is 1.07. The Morgan fingerprint density at radius 1 is 1.14 bits per heavy atom. The Hall–Kier alpha value is -1.09. The number of halogens is 1. The van der Waals surface area contributed by atoms with Gasteiger partial charge >= 0.3 is 0 Å². The van der Waals surface area contributed by atoms with Crippen LogP contribution in [0.1, 0.15) is 70.3 Å². The molecule has 2 fully saturated rings. The van der Waals surface area contributed by atoms with E-state index in [2.05, 4.69) is 28.6 Å². The minimum atomic E-state index is -0.136. The SMILES string of the molecule is CCNC(=NCc1ccc(OC2CCCCC2)nc1)NC1CCC(O)CC1.I. The summed E-state index contributed by atoms with van der Waals surface area (Å²) < 4.78 is 5.99. The highest BCUT2D eigenvalue weighted by Crippen LogP contribution is 2.22. The fourth-order valence-electron chi connectivity index (χ4n) is 3.83. The summed E-state index contributed by atoms with van der Waals surface area (Å²) in [5.74, 6) is 1.56. The number of ether oxygens (including phenoxy) is 1. The maximum Gasteiger partial charge on any atom is 0.213 e. The minimum Gasteiger partial charge on any atom is -0.474 e. The van der Waals surface area contributed by atoms with Gasteiger partial charge in [0.15, 0.2) is 5.96 Å². The first-order valence-electron chi connectivity index (χ1n) is 10.6. The highest BCUT2D eigenvalue weighted by Gasteiger charge is 2.20. The molecule has 0 amide bonds. The van der Waals surface area contributed by atoms with E-state index < -0.39 is 0 Å². The Morgan fingerprint density at radius 2 is 1.89 bits per heavy atom. The van der Waals surface area contributed by atoms with E-state index in [9.17, 15) is 5.11 Å². The molecule has 3 N–H and O–H groups in total. The van der Waals surface area contributed by atoms with E-state index in [1.165, 1.54) is 19.3 Å². The van der Waals surface area contributed by atoms with Crippen molar-refractivity contribution in [1.29, 1.82) is 0 Å². The number of guanidine groups is 1. The molecule has 158 valence electrons. The average molecular weight is 502 g/mol.